The summed E-state index contributed by atoms with van der Waals surface area (Å²) < 4.78 is 67.3. The molecule has 0 heterocycles. The van der Waals surface area contributed by atoms with Crippen LogP contribution in [0, 0.1) is 13.8 Å². The summed E-state index contributed by atoms with van der Waals surface area (Å²) in [4.78, 5) is -0.539. The Morgan fingerprint density at radius 2 is 1.68 bits per heavy atom. The lowest BCUT2D eigenvalue weighted by atomic mass is 10.1. The number of hydrogen-bond donors (Lipinski definition) is 0. The Kier molecular flexibility index (Phi) is 4.19. The lowest BCUT2D eigenvalue weighted by Crippen LogP contribution is -2.12. The first-order valence-corrected chi connectivity index (χ1v) is 7.69. The molecule has 7 heteroatoms. The van der Waals surface area contributed by atoms with Gasteiger partial charge in [0.15, 0.2) is 0 Å². The highest BCUT2D eigenvalue weighted by atomic mass is 32.2. The van der Waals surface area contributed by atoms with Gasteiger partial charge >= 0.3 is 16.3 Å². The molecule has 0 aliphatic carbocycles. The van der Waals surface area contributed by atoms with Gasteiger partial charge in [-0.05, 0) is 49.2 Å². The predicted molar refractivity (Wildman–Crippen MR) is 75.2 cm³/mol. The van der Waals surface area contributed by atoms with Crippen LogP contribution in [0.2, 0.25) is 0 Å². The molecule has 0 N–H and O–H groups in total. The SMILES string of the molecule is Cc1ccc(C)c(OS(=O)(=O)c2cccc(C(F)(F)F)c2)c1. The number of benzene rings is 2. The molecule has 0 atom stereocenters. The summed E-state index contributed by atoms with van der Waals surface area (Å²) >= 11 is 0. The average Bonchev–Trinajstić information content (AvgIpc) is 2.42. The van der Waals surface area contributed by atoms with Gasteiger partial charge in [0.1, 0.15) is 10.6 Å². The van der Waals surface area contributed by atoms with Gasteiger partial charge in [0.05, 0.1) is 5.56 Å². The van der Waals surface area contributed by atoms with Crippen LogP contribution in [0.5, 0.6) is 5.75 Å². The van der Waals surface area contributed by atoms with Crippen molar-refractivity contribution in [2.24, 2.45) is 0 Å². The van der Waals surface area contributed by atoms with Crippen molar-refractivity contribution in [3.8, 4) is 5.75 Å². The van der Waals surface area contributed by atoms with E-state index in [4.69, 9.17) is 4.18 Å². The Balaban J connectivity index is 2.41. The molecule has 22 heavy (non-hydrogen) atoms. The van der Waals surface area contributed by atoms with E-state index in [-0.39, 0.29) is 5.75 Å². The fourth-order valence-corrected chi connectivity index (χ4v) is 2.82. The first-order chi connectivity index (χ1) is 10.1. The van der Waals surface area contributed by atoms with E-state index in [2.05, 4.69) is 0 Å². The fourth-order valence-electron chi connectivity index (χ4n) is 1.79. The molecule has 0 unspecified atom stereocenters. The molecule has 0 aromatic heterocycles. The molecule has 0 saturated carbocycles. The molecule has 118 valence electrons. The summed E-state index contributed by atoms with van der Waals surface area (Å²) in [5, 5.41) is 0. The zero-order valence-corrected chi connectivity index (χ0v) is 12.6. The highest BCUT2D eigenvalue weighted by molar-refractivity contribution is 7.87. The smallest absolute Gasteiger partial charge is 0.379 e. The molecule has 0 saturated heterocycles. The molecule has 0 aliphatic rings. The minimum Gasteiger partial charge on any atom is -0.379 e. The first-order valence-electron chi connectivity index (χ1n) is 6.28. The highest BCUT2D eigenvalue weighted by Gasteiger charge is 2.32. The minimum atomic E-state index is -4.62. The van der Waals surface area contributed by atoms with E-state index in [0.29, 0.717) is 11.6 Å². The molecule has 2 aromatic rings. The van der Waals surface area contributed by atoms with Crippen molar-refractivity contribution < 1.29 is 25.8 Å². The normalized spacial score (nSPS) is 12.2. The lowest BCUT2D eigenvalue weighted by Gasteiger charge is -2.12. The highest BCUT2D eigenvalue weighted by Crippen LogP contribution is 2.31. The van der Waals surface area contributed by atoms with Gasteiger partial charge in [0.2, 0.25) is 0 Å². The van der Waals surface area contributed by atoms with Crippen LogP contribution in [-0.4, -0.2) is 8.42 Å². The largest absolute Gasteiger partial charge is 0.416 e. The van der Waals surface area contributed by atoms with Gasteiger partial charge in [-0.15, -0.1) is 0 Å². The van der Waals surface area contributed by atoms with E-state index >= 15 is 0 Å². The summed E-state index contributed by atoms with van der Waals surface area (Å²) in [5.74, 6) is 0.0948. The monoisotopic (exact) mass is 330 g/mol. The zero-order valence-electron chi connectivity index (χ0n) is 11.8. The zero-order chi connectivity index (χ0) is 16.5. The topological polar surface area (TPSA) is 43.4 Å². The molecule has 0 spiro atoms. The van der Waals surface area contributed by atoms with Gasteiger partial charge in [-0.25, -0.2) is 0 Å². The summed E-state index contributed by atoms with van der Waals surface area (Å²) in [7, 11) is -4.34. The van der Waals surface area contributed by atoms with Crippen LogP contribution >= 0.6 is 0 Å². The molecule has 2 aromatic carbocycles. The predicted octanol–water partition coefficient (Wildman–Crippen LogP) is 4.09. The number of aryl methyl sites for hydroxylation is 2. The maximum absolute atomic E-state index is 12.7. The maximum atomic E-state index is 12.7. The Morgan fingerprint density at radius 3 is 2.32 bits per heavy atom. The van der Waals surface area contributed by atoms with Crippen molar-refractivity contribution in [1.29, 1.82) is 0 Å². The third kappa shape index (κ3) is 3.59. The Hall–Kier alpha value is -2.02. The summed E-state index contributed by atoms with van der Waals surface area (Å²) in [6.07, 6.45) is -4.62. The van der Waals surface area contributed by atoms with Crippen LogP contribution in [0.3, 0.4) is 0 Å². The van der Waals surface area contributed by atoms with Crippen LogP contribution in [0.25, 0.3) is 0 Å². The van der Waals surface area contributed by atoms with E-state index < -0.39 is 26.8 Å². The third-order valence-electron chi connectivity index (χ3n) is 2.99. The van der Waals surface area contributed by atoms with E-state index in [9.17, 15) is 21.6 Å². The summed E-state index contributed by atoms with van der Waals surface area (Å²) in [6, 6.07) is 8.42. The average molecular weight is 330 g/mol. The van der Waals surface area contributed by atoms with E-state index in [1.807, 2.05) is 0 Å². The van der Waals surface area contributed by atoms with Gasteiger partial charge in [-0.1, -0.05) is 18.2 Å². The van der Waals surface area contributed by atoms with Crippen molar-refractivity contribution in [3.05, 3.63) is 59.2 Å². The number of halogens is 3. The number of hydrogen-bond acceptors (Lipinski definition) is 3. The van der Waals surface area contributed by atoms with E-state index in [0.717, 1.165) is 23.8 Å². The number of alkyl halides is 3. The van der Waals surface area contributed by atoms with E-state index in [1.165, 1.54) is 6.07 Å². The molecule has 3 nitrogen and oxygen atoms in total. The third-order valence-corrected chi connectivity index (χ3v) is 4.22. The van der Waals surface area contributed by atoms with Gasteiger partial charge in [0.25, 0.3) is 0 Å². The van der Waals surface area contributed by atoms with Crippen LogP contribution < -0.4 is 4.18 Å². The van der Waals surface area contributed by atoms with Crippen LogP contribution in [0.1, 0.15) is 16.7 Å². The van der Waals surface area contributed by atoms with Crippen molar-refractivity contribution in [1.82, 2.24) is 0 Å². The number of rotatable bonds is 3. The molecule has 0 amide bonds. The van der Waals surface area contributed by atoms with E-state index in [1.54, 1.807) is 26.0 Å². The summed E-state index contributed by atoms with van der Waals surface area (Å²) in [5.41, 5.74) is 0.305. The molecular weight excluding hydrogens is 317 g/mol. The second kappa shape index (κ2) is 5.64. The molecule has 0 radical (unpaired) electrons. The Labute approximate surface area is 126 Å². The summed E-state index contributed by atoms with van der Waals surface area (Å²) in [6.45, 7) is 3.40. The molecule has 0 aliphatic heterocycles. The van der Waals surface area contributed by atoms with Crippen molar-refractivity contribution in [2.75, 3.05) is 0 Å². The molecule has 0 bridgehead atoms. The van der Waals surface area contributed by atoms with Gasteiger partial charge < -0.3 is 4.18 Å². The quantitative estimate of drug-likeness (QED) is 0.796. The Morgan fingerprint density at radius 1 is 1.00 bits per heavy atom. The van der Waals surface area contributed by atoms with Gasteiger partial charge in [0, 0.05) is 0 Å². The minimum absolute atomic E-state index is 0.0948. The molecule has 2 rings (SSSR count). The lowest BCUT2D eigenvalue weighted by molar-refractivity contribution is -0.137. The Bertz CT molecular complexity index is 796. The van der Waals surface area contributed by atoms with Crippen LogP contribution in [0.4, 0.5) is 13.2 Å². The van der Waals surface area contributed by atoms with Crippen molar-refractivity contribution in [2.45, 2.75) is 24.9 Å². The second-order valence-electron chi connectivity index (χ2n) is 4.83. The molecule has 0 fully saturated rings. The fraction of sp³-hybridized carbons (Fsp3) is 0.200. The maximum Gasteiger partial charge on any atom is 0.416 e. The van der Waals surface area contributed by atoms with Crippen molar-refractivity contribution >= 4 is 10.1 Å². The van der Waals surface area contributed by atoms with Crippen LogP contribution in [0.15, 0.2) is 47.4 Å². The first kappa shape index (κ1) is 16.4. The standard InChI is InChI=1S/C15H13F3O3S/c1-10-6-7-11(2)14(8-10)21-22(19,20)13-5-3-4-12(9-13)15(16,17)18/h3-9H,1-2H3. The van der Waals surface area contributed by atoms with Crippen molar-refractivity contribution in [3.63, 3.8) is 0 Å². The van der Waals surface area contributed by atoms with Gasteiger partial charge in [-0.2, -0.15) is 21.6 Å². The van der Waals surface area contributed by atoms with Crippen LogP contribution in [-0.2, 0) is 16.3 Å². The second-order valence-corrected chi connectivity index (χ2v) is 6.38. The van der Waals surface area contributed by atoms with Gasteiger partial charge in [-0.3, -0.25) is 0 Å². The molecular formula is C15H13F3O3S.